The average Bonchev–Trinajstić information content (AvgIpc) is 2.82. The van der Waals surface area contributed by atoms with Gasteiger partial charge in [0.05, 0.1) is 0 Å². The van der Waals surface area contributed by atoms with Crippen LogP contribution in [0.1, 0.15) is 0 Å². The summed E-state index contributed by atoms with van der Waals surface area (Å²) in [6.07, 6.45) is 3.69. The SMILES string of the molecule is C[Si]1(C)CC[Si](C)(C)N1c1ncnn2cccc12. The van der Waals surface area contributed by atoms with Gasteiger partial charge < -0.3 is 4.23 Å². The molecule has 4 nitrogen and oxygen atoms in total. The second kappa shape index (κ2) is 3.67. The van der Waals surface area contributed by atoms with Gasteiger partial charge in [0, 0.05) is 6.20 Å². The van der Waals surface area contributed by atoms with Crippen LogP contribution in [0.25, 0.3) is 5.52 Å². The lowest BCUT2D eigenvalue weighted by Crippen LogP contribution is -2.55. The van der Waals surface area contributed by atoms with Crippen molar-refractivity contribution in [2.75, 3.05) is 4.23 Å². The van der Waals surface area contributed by atoms with Crippen molar-refractivity contribution >= 4 is 27.8 Å². The van der Waals surface area contributed by atoms with Crippen LogP contribution in [-0.2, 0) is 0 Å². The third kappa shape index (κ3) is 1.63. The second-order valence-electron chi connectivity index (χ2n) is 6.38. The fraction of sp³-hybridized carbons (Fsp3) is 0.500. The molecule has 1 aliphatic heterocycles. The molecule has 0 saturated carbocycles. The monoisotopic (exact) mass is 276 g/mol. The lowest BCUT2D eigenvalue weighted by Gasteiger charge is -2.40. The molecular weight excluding hydrogens is 256 g/mol. The van der Waals surface area contributed by atoms with E-state index in [4.69, 9.17) is 0 Å². The van der Waals surface area contributed by atoms with Crippen molar-refractivity contribution in [2.45, 2.75) is 38.3 Å². The molecule has 18 heavy (non-hydrogen) atoms. The van der Waals surface area contributed by atoms with E-state index in [1.807, 2.05) is 16.8 Å². The molecule has 96 valence electrons. The van der Waals surface area contributed by atoms with Crippen molar-refractivity contribution in [3.8, 4) is 0 Å². The molecule has 0 atom stereocenters. The van der Waals surface area contributed by atoms with Crippen LogP contribution in [0.5, 0.6) is 0 Å². The van der Waals surface area contributed by atoms with Crippen LogP contribution in [0.2, 0.25) is 38.3 Å². The Hall–Kier alpha value is -1.15. The maximum Gasteiger partial charge on any atom is 0.142 e. The number of rotatable bonds is 1. The summed E-state index contributed by atoms with van der Waals surface area (Å²) >= 11 is 0. The molecule has 2 aromatic rings. The van der Waals surface area contributed by atoms with Gasteiger partial charge >= 0.3 is 0 Å². The zero-order chi connectivity index (χ0) is 13.0. The highest BCUT2D eigenvalue weighted by Crippen LogP contribution is 2.41. The van der Waals surface area contributed by atoms with E-state index in [0.29, 0.717) is 0 Å². The lowest BCUT2D eigenvalue weighted by molar-refractivity contribution is 0.902. The summed E-state index contributed by atoms with van der Waals surface area (Å²) in [7, 11) is -2.69. The lowest BCUT2D eigenvalue weighted by atomic mass is 10.5. The number of aromatic nitrogens is 3. The van der Waals surface area contributed by atoms with E-state index in [0.717, 1.165) is 5.52 Å². The number of fused-ring (bicyclic) bond motifs is 1. The Bertz CT molecular complexity index is 575. The predicted molar refractivity (Wildman–Crippen MR) is 80.0 cm³/mol. The van der Waals surface area contributed by atoms with Crippen LogP contribution in [0.4, 0.5) is 5.82 Å². The molecule has 0 aliphatic carbocycles. The van der Waals surface area contributed by atoms with E-state index in [2.05, 4.69) is 46.6 Å². The minimum absolute atomic E-state index is 1.15. The fourth-order valence-corrected chi connectivity index (χ4v) is 17.3. The predicted octanol–water partition coefficient (Wildman–Crippen LogP) is 2.96. The Kier molecular flexibility index (Phi) is 2.43. The summed E-state index contributed by atoms with van der Waals surface area (Å²) in [6.45, 7) is 9.87. The topological polar surface area (TPSA) is 33.4 Å². The third-order valence-corrected chi connectivity index (χ3v) is 14.0. The highest BCUT2D eigenvalue weighted by atomic mass is 28.4. The number of nitrogens with zero attached hydrogens (tertiary/aromatic N) is 4. The van der Waals surface area contributed by atoms with Gasteiger partial charge in [0.1, 0.15) is 34.1 Å². The highest BCUT2D eigenvalue weighted by Gasteiger charge is 2.48. The molecule has 0 radical (unpaired) electrons. The van der Waals surface area contributed by atoms with Crippen molar-refractivity contribution in [1.29, 1.82) is 0 Å². The number of hydrogen-bond donors (Lipinski definition) is 0. The van der Waals surface area contributed by atoms with Gasteiger partial charge in [-0.2, -0.15) is 5.10 Å². The van der Waals surface area contributed by atoms with Crippen molar-refractivity contribution < 1.29 is 0 Å². The third-order valence-electron chi connectivity index (χ3n) is 4.08. The summed E-state index contributed by atoms with van der Waals surface area (Å²) in [5.41, 5.74) is 1.15. The minimum Gasteiger partial charge on any atom is -0.407 e. The van der Waals surface area contributed by atoms with Gasteiger partial charge in [-0.25, -0.2) is 9.50 Å². The van der Waals surface area contributed by atoms with Gasteiger partial charge in [0.25, 0.3) is 0 Å². The molecule has 2 aromatic heterocycles. The van der Waals surface area contributed by atoms with Gasteiger partial charge in [-0.15, -0.1) is 0 Å². The molecule has 0 aromatic carbocycles. The van der Waals surface area contributed by atoms with Crippen molar-refractivity contribution in [2.24, 2.45) is 0 Å². The molecule has 3 rings (SSSR count). The first kappa shape index (κ1) is 11.9. The van der Waals surface area contributed by atoms with E-state index in [9.17, 15) is 0 Å². The molecule has 1 aliphatic rings. The largest absolute Gasteiger partial charge is 0.407 e. The van der Waals surface area contributed by atoms with E-state index >= 15 is 0 Å². The maximum atomic E-state index is 4.62. The molecule has 0 spiro atoms. The Morgan fingerprint density at radius 1 is 1.11 bits per heavy atom. The Labute approximate surface area is 110 Å². The van der Waals surface area contributed by atoms with E-state index in [-0.39, 0.29) is 0 Å². The first-order valence-corrected chi connectivity index (χ1v) is 12.8. The van der Waals surface area contributed by atoms with Crippen molar-refractivity contribution in [3.63, 3.8) is 0 Å². The summed E-state index contributed by atoms with van der Waals surface area (Å²) in [5, 5.41) is 4.28. The minimum atomic E-state index is -1.34. The van der Waals surface area contributed by atoms with Crippen LogP contribution >= 0.6 is 0 Å². The summed E-state index contributed by atoms with van der Waals surface area (Å²) in [5.74, 6) is 1.17. The molecule has 1 fully saturated rings. The molecule has 0 amide bonds. The Balaban J connectivity index is 2.21. The van der Waals surface area contributed by atoms with Crippen LogP contribution in [0.15, 0.2) is 24.7 Å². The molecule has 0 N–H and O–H groups in total. The smallest absolute Gasteiger partial charge is 0.142 e. The summed E-state index contributed by atoms with van der Waals surface area (Å²) in [6, 6.07) is 6.96. The van der Waals surface area contributed by atoms with Gasteiger partial charge in [-0.05, 0) is 24.2 Å². The zero-order valence-corrected chi connectivity index (χ0v) is 13.5. The molecule has 0 unspecified atom stereocenters. The van der Waals surface area contributed by atoms with Crippen LogP contribution in [-0.4, -0.2) is 31.1 Å². The second-order valence-corrected chi connectivity index (χ2v) is 16.0. The average molecular weight is 276 g/mol. The number of hydrogen-bond acceptors (Lipinski definition) is 3. The van der Waals surface area contributed by atoms with Crippen molar-refractivity contribution in [3.05, 3.63) is 24.7 Å². The Morgan fingerprint density at radius 3 is 2.44 bits per heavy atom. The molecule has 6 heteroatoms. The summed E-state index contributed by atoms with van der Waals surface area (Å²) < 4.78 is 4.67. The van der Waals surface area contributed by atoms with Crippen LogP contribution < -0.4 is 4.23 Å². The first-order chi connectivity index (χ1) is 8.42. The normalized spacial score (nSPS) is 21.7. The van der Waals surface area contributed by atoms with Gasteiger partial charge in [0.2, 0.25) is 0 Å². The first-order valence-electron chi connectivity index (χ1n) is 6.51. The molecule has 1 saturated heterocycles. The van der Waals surface area contributed by atoms with Gasteiger partial charge in [0.15, 0.2) is 0 Å². The highest BCUT2D eigenvalue weighted by molar-refractivity contribution is 7.04. The molecule has 0 bridgehead atoms. The molecule has 3 heterocycles. The molecular formula is C12H20N4Si2. The summed E-state index contributed by atoms with van der Waals surface area (Å²) in [4.78, 5) is 4.62. The number of anilines is 1. The van der Waals surface area contributed by atoms with Crippen LogP contribution in [0, 0.1) is 0 Å². The van der Waals surface area contributed by atoms with E-state index < -0.39 is 16.5 Å². The van der Waals surface area contributed by atoms with Crippen LogP contribution in [0.3, 0.4) is 0 Å². The standard InChI is InChI=1S/C12H20N4Si2/c1-17(2)8-9-18(3,4)16(17)12-11-6-5-7-15(11)14-10-13-12/h5-7,10H,8-9H2,1-4H3. The zero-order valence-electron chi connectivity index (χ0n) is 11.5. The van der Waals surface area contributed by atoms with E-state index in [1.54, 1.807) is 6.33 Å². The quantitative estimate of drug-likeness (QED) is 0.751. The Morgan fingerprint density at radius 2 is 1.78 bits per heavy atom. The van der Waals surface area contributed by atoms with Crippen molar-refractivity contribution in [1.82, 2.24) is 14.6 Å². The maximum absolute atomic E-state index is 4.62. The van der Waals surface area contributed by atoms with E-state index in [1.165, 1.54) is 17.9 Å². The van der Waals surface area contributed by atoms with Gasteiger partial charge in [-0.1, -0.05) is 26.2 Å². The van der Waals surface area contributed by atoms with Gasteiger partial charge in [-0.3, -0.25) is 0 Å². The fourth-order valence-electron chi connectivity index (χ4n) is 3.25.